The van der Waals surface area contributed by atoms with Crippen LogP contribution in [0, 0.1) is 0 Å². The molecule has 5 heteroatoms. The van der Waals surface area contributed by atoms with Crippen LogP contribution in [0.2, 0.25) is 0 Å². The molecule has 0 saturated heterocycles. The van der Waals surface area contributed by atoms with Crippen molar-refractivity contribution in [2.24, 2.45) is 5.10 Å². The van der Waals surface area contributed by atoms with E-state index in [1.165, 1.54) is 6.21 Å². The first kappa shape index (κ1) is 12.7. The van der Waals surface area contributed by atoms with Gasteiger partial charge in [0, 0.05) is 7.05 Å². The van der Waals surface area contributed by atoms with Crippen LogP contribution in [0.1, 0.15) is 0 Å². The lowest BCUT2D eigenvalue weighted by atomic mass is 10.3. The molecule has 0 aromatic heterocycles. The van der Waals surface area contributed by atoms with Gasteiger partial charge in [-0.1, -0.05) is 41.4 Å². The molecule has 0 fully saturated rings. The molecule has 0 aliphatic carbocycles. The quantitative estimate of drug-likeness (QED) is 0.359. The molecule has 16 heavy (non-hydrogen) atoms. The van der Waals surface area contributed by atoms with Crippen molar-refractivity contribution in [3.8, 4) is 0 Å². The second-order valence-corrected chi connectivity index (χ2v) is 3.73. The molecule has 0 amide bonds. The Hall–Kier alpha value is -1.32. The number of benzene rings is 1. The number of carbonyl (C=O) groups excluding carboxylic acids is 1. The van der Waals surface area contributed by atoms with E-state index in [2.05, 4.69) is 5.10 Å². The molecular formula is C11H10Cl2N2O. The number of hydrogen-bond acceptors (Lipinski definition) is 3. The SMILES string of the molecule is CN(/N=C\C(Cl)=C(\Cl)C=O)c1ccccc1. The molecule has 0 heterocycles. The van der Waals surface area contributed by atoms with Gasteiger partial charge in [0.15, 0.2) is 6.29 Å². The number of hydrogen-bond donors (Lipinski definition) is 0. The molecule has 0 saturated carbocycles. The Labute approximate surface area is 104 Å². The summed E-state index contributed by atoms with van der Waals surface area (Å²) in [6, 6.07) is 9.51. The Morgan fingerprint density at radius 1 is 1.25 bits per heavy atom. The lowest BCUT2D eigenvalue weighted by Crippen LogP contribution is -2.08. The van der Waals surface area contributed by atoms with Gasteiger partial charge in [0.25, 0.3) is 0 Å². The highest BCUT2D eigenvalue weighted by Crippen LogP contribution is 2.13. The minimum atomic E-state index is -0.0631. The molecular weight excluding hydrogens is 247 g/mol. The number of halogens is 2. The summed E-state index contributed by atoms with van der Waals surface area (Å²) in [6.45, 7) is 0. The Balaban J connectivity index is 2.76. The molecule has 1 aromatic rings. The summed E-state index contributed by atoms with van der Waals surface area (Å²) < 4.78 is 0. The number of nitrogens with zero attached hydrogens (tertiary/aromatic N) is 2. The molecule has 1 aromatic carbocycles. The fourth-order valence-electron chi connectivity index (χ4n) is 0.966. The van der Waals surface area contributed by atoms with E-state index in [9.17, 15) is 4.79 Å². The fourth-order valence-corrected chi connectivity index (χ4v) is 1.10. The highest BCUT2D eigenvalue weighted by atomic mass is 35.5. The van der Waals surface area contributed by atoms with E-state index < -0.39 is 0 Å². The van der Waals surface area contributed by atoms with E-state index in [4.69, 9.17) is 23.2 Å². The van der Waals surface area contributed by atoms with Crippen molar-refractivity contribution in [2.75, 3.05) is 12.1 Å². The Kier molecular flexibility index (Phi) is 5.02. The number of aldehydes is 1. The fraction of sp³-hybridized carbons (Fsp3) is 0.0909. The van der Waals surface area contributed by atoms with Crippen LogP contribution in [0.4, 0.5) is 5.69 Å². The molecule has 1 rings (SSSR count). The van der Waals surface area contributed by atoms with E-state index in [0.717, 1.165) is 5.69 Å². The van der Waals surface area contributed by atoms with Gasteiger partial charge in [0.1, 0.15) is 5.03 Å². The predicted octanol–water partition coefficient (Wildman–Crippen LogP) is 3.00. The van der Waals surface area contributed by atoms with Gasteiger partial charge in [-0.05, 0) is 12.1 Å². The smallest absolute Gasteiger partial charge is 0.162 e. The van der Waals surface area contributed by atoms with Crippen LogP contribution in [0.25, 0.3) is 0 Å². The zero-order valence-electron chi connectivity index (χ0n) is 8.60. The van der Waals surface area contributed by atoms with Crippen LogP contribution in [-0.4, -0.2) is 19.5 Å². The standard InChI is InChI=1S/C11H10Cl2N2O/c1-15(9-5-3-2-4-6-9)14-7-10(12)11(13)8-16/h2-8H,1H3/b11-10-,14-7-. The summed E-state index contributed by atoms with van der Waals surface area (Å²) in [5.74, 6) is 0. The normalized spacial score (nSPS) is 12.4. The zero-order valence-corrected chi connectivity index (χ0v) is 10.1. The largest absolute Gasteiger partial charge is 0.297 e. The van der Waals surface area contributed by atoms with Crippen molar-refractivity contribution >= 4 is 41.4 Å². The van der Waals surface area contributed by atoms with Crippen LogP contribution in [0.15, 0.2) is 45.5 Å². The molecule has 0 aliphatic heterocycles. The topological polar surface area (TPSA) is 32.7 Å². The van der Waals surface area contributed by atoms with Gasteiger partial charge in [-0.25, -0.2) is 0 Å². The molecule has 0 unspecified atom stereocenters. The van der Waals surface area contributed by atoms with Gasteiger partial charge in [0.05, 0.1) is 16.9 Å². The van der Waals surface area contributed by atoms with Crippen molar-refractivity contribution in [3.05, 3.63) is 40.4 Å². The van der Waals surface area contributed by atoms with Gasteiger partial charge in [0.2, 0.25) is 0 Å². The van der Waals surface area contributed by atoms with Crippen LogP contribution in [-0.2, 0) is 4.79 Å². The van der Waals surface area contributed by atoms with E-state index in [0.29, 0.717) is 6.29 Å². The van der Waals surface area contributed by atoms with Crippen molar-refractivity contribution in [3.63, 3.8) is 0 Å². The third-order valence-electron chi connectivity index (χ3n) is 1.81. The maximum Gasteiger partial charge on any atom is 0.162 e. The first-order chi connectivity index (χ1) is 7.65. The van der Waals surface area contributed by atoms with Crippen molar-refractivity contribution in [1.82, 2.24) is 0 Å². The molecule has 0 N–H and O–H groups in total. The number of para-hydroxylation sites is 1. The number of rotatable bonds is 4. The summed E-state index contributed by atoms with van der Waals surface area (Å²) in [7, 11) is 1.77. The minimum absolute atomic E-state index is 0.0631. The summed E-state index contributed by atoms with van der Waals surface area (Å²) in [5, 5.41) is 5.71. The Morgan fingerprint density at radius 3 is 2.44 bits per heavy atom. The highest BCUT2D eigenvalue weighted by molar-refractivity contribution is 6.50. The summed E-state index contributed by atoms with van der Waals surface area (Å²) in [6.07, 6.45) is 1.80. The van der Waals surface area contributed by atoms with Crippen molar-refractivity contribution in [2.45, 2.75) is 0 Å². The van der Waals surface area contributed by atoms with Gasteiger partial charge in [-0.2, -0.15) is 5.10 Å². The Bertz CT molecular complexity index is 415. The lowest BCUT2D eigenvalue weighted by Gasteiger charge is -2.11. The molecule has 0 radical (unpaired) electrons. The first-order valence-electron chi connectivity index (χ1n) is 4.48. The van der Waals surface area contributed by atoms with Crippen molar-refractivity contribution < 1.29 is 4.79 Å². The van der Waals surface area contributed by atoms with Crippen molar-refractivity contribution in [1.29, 1.82) is 0 Å². The molecule has 0 bridgehead atoms. The lowest BCUT2D eigenvalue weighted by molar-refractivity contribution is -0.104. The van der Waals surface area contributed by atoms with E-state index in [1.807, 2.05) is 30.3 Å². The number of carbonyl (C=O) groups is 1. The number of hydrazone groups is 1. The molecule has 3 nitrogen and oxygen atoms in total. The molecule has 0 aliphatic rings. The summed E-state index contributed by atoms with van der Waals surface area (Å²) in [5.41, 5.74) is 0.908. The van der Waals surface area contributed by atoms with Gasteiger partial charge >= 0.3 is 0 Å². The maximum atomic E-state index is 10.3. The number of allylic oxidation sites excluding steroid dienone is 2. The second-order valence-electron chi connectivity index (χ2n) is 2.92. The van der Waals surface area contributed by atoms with Crippen LogP contribution >= 0.6 is 23.2 Å². The predicted molar refractivity (Wildman–Crippen MR) is 68.1 cm³/mol. The average molecular weight is 257 g/mol. The van der Waals surface area contributed by atoms with Gasteiger partial charge < -0.3 is 0 Å². The third kappa shape index (κ3) is 3.68. The monoisotopic (exact) mass is 256 g/mol. The van der Waals surface area contributed by atoms with E-state index in [-0.39, 0.29) is 10.1 Å². The zero-order chi connectivity index (χ0) is 12.0. The Morgan fingerprint density at radius 2 is 1.88 bits per heavy atom. The van der Waals surface area contributed by atoms with Crippen LogP contribution < -0.4 is 5.01 Å². The van der Waals surface area contributed by atoms with Gasteiger partial charge in [-0.3, -0.25) is 9.80 Å². The maximum absolute atomic E-state index is 10.3. The molecule has 0 spiro atoms. The van der Waals surface area contributed by atoms with Gasteiger partial charge in [-0.15, -0.1) is 0 Å². The third-order valence-corrected chi connectivity index (χ3v) is 2.50. The first-order valence-corrected chi connectivity index (χ1v) is 5.24. The molecule has 84 valence electrons. The summed E-state index contributed by atoms with van der Waals surface area (Å²) in [4.78, 5) is 10.3. The van der Waals surface area contributed by atoms with Crippen LogP contribution in [0.3, 0.4) is 0 Å². The van der Waals surface area contributed by atoms with E-state index >= 15 is 0 Å². The molecule has 0 atom stereocenters. The van der Waals surface area contributed by atoms with Crippen LogP contribution in [0.5, 0.6) is 0 Å². The number of anilines is 1. The average Bonchev–Trinajstić information content (AvgIpc) is 2.35. The second kappa shape index (κ2) is 6.30. The summed E-state index contributed by atoms with van der Waals surface area (Å²) >= 11 is 11.2. The highest BCUT2D eigenvalue weighted by Gasteiger charge is 1.99. The minimum Gasteiger partial charge on any atom is -0.297 e. The van der Waals surface area contributed by atoms with E-state index in [1.54, 1.807) is 12.1 Å².